The van der Waals surface area contributed by atoms with Crippen LogP contribution in [0.5, 0.6) is 5.75 Å². The van der Waals surface area contributed by atoms with Crippen molar-refractivity contribution in [3.63, 3.8) is 0 Å². The minimum atomic E-state index is 0.285. The van der Waals surface area contributed by atoms with Crippen LogP contribution in [0.2, 0.25) is 0 Å². The summed E-state index contributed by atoms with van der Waals surface area (Å²) in [5, 5.41) is 21.3. The number of hydrogen-bond acceptors (Lipinski definition) is 3. The summed E-state index contributed by atoms with van der Waals surface area (Å²) in [5.74, 6) is 0.285. The Bertz CT molecular complexity index is 555. The molecular weight excluding hydrogens is 224 g/mol. The maximum absolute atomic E-state index is 9.33. The molecule has 0 unspecified atom stereocenters. The summed E-state index contributed by atoms with van der Waals surface area (Å²) in [4.78, 5) is 0. The Morgan fingerprint density at radius 2 is 1.72 bits per heavy atom. The summed E-state index contributed by atoms with van der Waals surface area (Å²) in [6, 6.07) is 16.8. The number of nitrogens with zero attached hydrogens (tertiary/aromatic N) is 1. The van der Waals surface area contributed by atoms with E-state index in [9.17, 15) is 5.11 Å². The van der Waals surface area contributed by atoms with Crippen LogP contribution in [-0.2, 0) is 13.1 Å². The average molecular weight is 238 g/mol. The Hall–Kier alpha value is -2.31. The van der Waals surface area contributed by atoms with Crippen molar-refractivity contribution < 1.29 is 5.11 Å². The second kappa shape index (κ2) is 5.85. The fourth-order valence-corrected chi connectivity index (χ4v) is 1.71. The van der Waals surface area contributed by atoms with Gasteiger partial charge in [0.05, 0.1) is 11.6 Å². The quantitative estimate of drug-likeness (QED) is 0.860. The number of phenols is 1. The molecule has 0 radical (unpaired) electrons. The van der Waals surface area contributed by atoms with Crippen molar-refractivity contribution in [1.29, 1.82) is 5.26 Å². The van der Waals surface area contributed by atoms with E-state index in [4.69, 9.17) is 5.26 Å². The first-order chi connectivity index (χ1) is 8.78. The molecule has 0 aliphatic carbocycles. The van der Waals surface area contributed by atoms with Gasteiger partial charge in [0, 0.05) is 13.1 Å². The fraction of sp³-hybridized carbons (Fsp3) is 0.133. The lowest BCUT2D eigenvalue weighted by Gasteiger charge is -2.05. The van der Waals surface area contributed by atoms with Gasteiger partial charge in [0.25, 0.3) is 0 Å². The zero-order valence-corrected chi connectivity index (χ0v) is 9.93. The van der Waals surface area contributed by atoms with E-state index < -0.39 is 0 Å². The molecule has 0 aliphatic heterocycles. The van der Waals surface area contributed by atoms with Crippen LogP contribution in [0.25, 0.3) is 0 Å². The highest BCUT2D eigenvalue weighted by molar-refractivity contribution is 5.31. The summed E-state index contributed by atoms with van der Waals surface area (Å²) >= 11 is 0. The summed E-state index contributed by atoms with van der Waals surface area (Å²) in [6.45, 7) is 1.44. The minimum Gasteiger partial charge on any atom is -0.508 e. The minimum absolute atomic E-state index is 0.285. The van der Waals surface area contributed by atoms with Gasteiger partial charge in [0.2, 0.25) is 0 Å². The van der Waals surface area contributed by atoms with Crippen LogP contribution >= 0.6 is 0 Å². The highest BCUT2D eigenvalue weighted by Crippen LogP contribution is 2.10. The largest absolute Gasteiger partial charge is 0.508 e. The van der Waals surface area contributed by atoms with Crippen molar-refractivity contribution in [1.82, 2.24) is 5.32 Å². The van der Waals surface area contributed by atoms with Crippen LogP contribution in [0.3, 0.4) is 0 Å². The van der Waals surface area contributed by atoms with Crippen molar-refractivity contribution in [2.45, 2.75) is 13.1 Å². The Labute approximate surface area is 106 Å². The third-order valence-electron chi connectivity index (χ3n) is 2.65. The molecule has 0 aromatic heterocycles. The van der Waals surface area contributed by atoms with Gasteiger partial charge < -0.3 is 10.4 Å². The Morgan fingerprint density at radius 3 is 2.39 bits per heavy atom. The van der Waals surface area contributed by atoms with E-state index in [1.54, 1.807) is 12.1 Å². The van der Waals surface area contributed by atoms with E-state index in [1.807, 2.05) is 36.4 Å². The first kappa shape index (κ1) is 12.2. The molecular formula is C15H14N2O. The molecule has 2 aromatic rings. The normalized spacial score (nSPS) is 9.94. The lowest BCUT2D eigenvalue weighted by atomic mass is 10.1. The summed E-state index contributed by atoms with van der Waals surface area (Å²) in [5.41, 5.74) is 2.85. The molecule has 0 saturated carbocycles. The molecule has 90 valence electrons. The molecule has 0 amide bonds. The number of aromatic hydroxyl groups is 1. The van der Waals surface area contributed by atoms with E-state index in [0.29, 0.717) is 12.1 Å². The molecule has 0 atom stereocenters. The third-order valence-corrected chi connectivity index (χ3v) is 2.65. The second-order valence-electron chi connectivity index (χ2n) is 4.08. The van der Waals surface area contributed by atoms with Gasteiger partial charge in [-0.15, -0.1) is 0 Å². The van der Waals surface area contributed by atoms with Crippen molar-refractivity contribution in [2.75, 3.05) is 0 Å². The molecule has 0 heterocycles. The van der Waals surface area contributed by atoms with E-state index in [-0.39, 0.29) is 5.75 Å². The standard InChI is InChI=1S/C15H14N2O/c16-9-12-4-6-13(7-5-12)10-17-11-14-2-1-3-15(18)8-14/h1-8,17-18H,10-11H2. The average Bonchev–Trinajstić information content (AvgIpc) is 2.40. The fourth-order valence-electron chi connectivity index (χ4n) is 1.71. The molecule has 3 heteroatoms. The van der Waals surface area contributed by atoms with Gasteiger partial charge in [-0.2, -0.15) is 5.26 Å². The second-order valence-corrected chi connectivity index (χ2v) is 4.08. The molecule has 18 heavy (non-hydrogen) atoms. The molecule has 0 aliphatic rings. The number of rotatable bonds is 4. The van der Waals surface area contributed by atoms with E-state index in [0.717, 1.165) is 17.7 Å². The van der Waals surface area contributed by atoms with Gasteiger partial charge in [-0.3, -0.25) is 0 Å². The predicted octanol–water partition coefficient (Wildman–Crippen LogP) is 2.55. The number of benzene rings is 2. The molecule has 3 nitrogen and oxygen atoms in total. The van der Waals surface area contributed by atoms with Gasteiger partial charge in [-0.1, -0.05) is 24.3 Å². The lowest BCUT2D eigenvalue weighted by molar-refractivity contribution is 0.474. The highest BCUT2D eigenvalue weighted by atomic mass is 16.3. The first-order valence-corrected chi connectivity index (χ1v) is 5.75. The van der Waals surface area contributed by atoms with Crippen LogP contribution in [0, 0.1) is 11.3 Å². The van der Waals surface area contributed by atoms with Gasteiger partial charge in [-0.25, -0.2) is 0 Å². The Kier molecular flexibility index (Phi) is 3.95. The number of hydrogen-bond donors (Lipinski definition) is 2. The Morgan fingerprint density at radius 1 is 1.00 bits per heavy atom. The number of nitrogens with one attached hydrogen (secondary N) is 1. The van der Waals surface area contributed by atoms with Crippen LogP contribution < -0.4 is 5.32 Å². The smallest absolute Gasteiger partial charge is 0.115 e. The van der Waals surface area contributed by atoms with Crippen LogP contribution in [0.15, 0.2) is 48.5 Å². The van der Waals surface area contributed by atoms with E-state index >= 15 is 0 Å². The van der Waals surface area contributed by atoms with Gasteiger partial charge in [0.1, 0.15) is 5.75 Å². The third kappa shape index (κ3) is 3.34. The molecule has 0 saturated heterocycles. The summed E-state index contributed by atoms with van der Waals surface area (Å²) < 4.78 is 0. The maximum atomic E-state index is 9.33. The number of phenolic OH excluding ortho intramolecular Hbond substituents is 1. The SMILES string of the molecule is N#Cc1ccc(CNCc2cccc(O)c2)cc1. The topological polar surface area (TPSA) is 56.0 Å². The molecule has 0 spiro atoms. The zero-order valence-electron chi connectivity index (χ0n) is 9.93. The first-order valence-electron chi connectivity index (χ1n) is 5.75. The van der Waals surface area contributed by atoms with Crippen LogP contribution in [-0.4, -0.2) is 5.11 Å². The molecule has 2 aromatic carbocycles. The van der Waals surface area contributed by atoms with Gasteiger partial charge in [0.15, 0.2) is 0 Å². The van der Waals surface area contributed by atoms with Crippen molar-refractivity contribution in [3.8, 4) is 11.8 Å². The number of nitriles is 1. The van der Waals surface area contributed by atoms with Crippen molar-refractivity contribution in [2.24, 2.45) is 0 Å². The van der Waals surface area contributed by atoms with Crippen molar-refractivity contribution in [3.05, 3.63) is 65.2 Å². The van der Waals surface area contributed by atoms with Crippen LogP contribution in [0.4, 0.5) is 0 Å². The Balaban J connectivity index is 1.86. The van der Waals surface area contributed by atoms with E-state index in [1.165, 1.54) is 0 Å². The highest BCUT2D eigenvalue weighted by Gasteiger charge is 1.96. The molecule has 2 rings (SSSR count). The molecule has 0 fully saturated rings. The summed E-state index contributed by atoms with van der Waals surface area (Å²) in [6.07, 6.45) is 0. The van der Waals surface area contributed by atoms with Crippen LogP contribution in [0.1, 0.15) is 16.7 Å². The lowest BCUT2D eigenvalue weighted by Crippen LogP contribution is -2.12. The van der Waals surface area contributed by atoms with Gasteiger partial charge >= 0.3 is 0 Å². The predicted molar refractivity (Wildman–Crippen MR) is 69.8 cm³/mol. The molecule has 0 bridgehead atoms. The molecule has 2 N–H and O–H groups in total. The monoisotopic (exact) mass is 238 g/mol. The summed E-state index contributed by atoms with van der Waals surface area (Å²) in [7, 11) is 0. The maximum Gasteiger partial charge on any atom is 0.115 e. The zero-order chi connectivity index (χ0) is 12.8. The van der Waals surface area contributed by atoms with Gasteiger partial charge in [-0.05, 0) is 35.4 Å². The van der Waals surface area contributed by atoms with Crippen molar-refractivity contribution >= 4 is 0 Å². The van der Waals surface area contributed by atoms with E-state index in [2.05, 4.69) is 11.4 Å².